The molecule has 0 radical (unpaired) electrons. The standard InChI is InChI=1S/C15H15BrN2O2/c1-20-13-8-3-2-5-10(13)9-18-15(19)11-6-4-7-12(17)14(11)16/h2-8H,9,17H2,1H3,(H,18,19). The van der Waals surface area contributed by atoms with Crippen molar-refractivity contribution in [2.45, 2.75) is 6.54 Å². The molecule has 104 valence electrons. The van der Waals surface area contributed by atoms with Crippen LogP contribution in [0.15, 0.2) is 46.9 Å². The van der Waals surface area contributed by atoms with Crippen molar-refractivity contribution in [3.05, 3.63) is 58.1 Å². The van der Waals surface area contributed by atoms with Crippen molar-refractivity contribution in [2.75, 3.05) is 12.8 Å². The summed E-state index contributed by atoms with van der Waals surface area (Å²) in [5, 5.41) is 2.85. The maximum Gasteiger partial charge on any atom is 0.252 e. The van der Waals surface area contributed by atoms with Crippen molar-refractivity contribution < 1.29 is 9.53 Å². The van der Waals surface area contributed by atoms with Gasteiger partial charge in [0.2, 0.25) is 0 Å². The van der Waals surface area contributed by atoms with Gasteiger partial charge in [-0.2, -0.15) is 0 Å². The summed E-state index contributed by atoms with van der Waals surface area (Å²) in [6.07, 6.45) is 0. The van der Waals surface area contributed by atoms with Crippen molar-refractivity contribution in [2.24, 2.45) is 0 Å². The SMILES string of the molecule is COc1ccccc1CNC(=O)c1cccc(N)c1Br. The molecular weight excluding hydrogens is 320 g/mol. The van der Waals surface area contributed by atoms with Crippen LogP contribution in [0.25, 0.3) is 0 Å². The van der Waals surface area contributed by atoms with E-state index in [9.17, 15) is 4.79 Å². The Kier molecular flexibility index (Phi) is 4.63. The molecule has 2 rings (SSSR count). The Morgan fingerprint density at radius 3 is 2.75 bits per heavy atom. The molecule has 0 fully saturated rings. The fraction of sp³-hybridized carbons (Fsp3) is 0.133. The van der Waals surface area contributed by atoms with Gasteiger partial charge in [0.25, 0.3) is 5.91 Å². The predicted octanol–water partition coefficient (Wildman–Crippen LogP) is 2.97. The summed E-state index contributed by atoms with van der Waals surface area (Å²) in [5.41, 5.74) is 7.74. The number of nitrogens with one attached hydrogen (secondary N) is 1. The van der Waals surface area contributed by atoms with Gasteiger partial charge in [-0.1, -0.05) is 24.3 Å². The number of nitrogen functional groups attached to an aromatic ring is 1. The number of anilines is 1. The largest absolute Gasteiger partial charge is 0.496 e. The molecule has 0 aliphatic heterocycles. The maximum atomic E-state index is 12.2. The van der Waals surface area contributed by atoms with E-state index in [-0.39, 0.29) is 5.91 Å². The lowest BCUT2D eigenvalue weighted by molar-refractivity contribution is 0.0950. The first kappa shape index (κ1) is 14.4. The molecule has 0 saturated heterocycles. The van der Waals surface area contributed by atoms with Crippen LogP contribution in [0.3, 0.4) is 0 Å². The third kappa shape index (κ3) is 3.11. The van der Waals surface area contributed by atoms with Crippen LogP contribution in [0.5, 0.6) is 5.75 Å². The van der Waals surface area contributed by atoms with Gasteiger partial charge in [-0.3, -0.25) is 4.79 Å². The van der Waals surface area contributed by atoms with E-state index in [1.54, 1.807) is 25.3 Å². The monoisotopic (exact) mass is 334 g/mol. The van der Waals surface area contributed by atoms with Crippen molar-refractivity contribution in [1.82, 2.24) is 5.32 Å². The second-order valence-corrected chi connectivity index (χ2v) is 5.00. The van der Waals surface area contributed by atoms with Crippen LogP contribution in [-0.4, -0.2) is 13.0 Å². The highest BCUT2D eigenvalue weighted by Crippen LogP contribution is 2.24. The van der Waals surface area contributed by atoms with Crippen LogP contribution in [0.1, 0.15) is 15.9 Å². The van der Waals surface area contributed by atoms with E-state index in [0.29, 0.717) is 22.3 Å². The Morgan fingerprint density at radius 2 is 2.00 bits per heavy atom. The van der Waals surface area contributed by atoms with Gasteiger partial charge >= 0.3 is 0 Å². The van der Waals surface area contributed by atoms with Gasteiger partial charge in [-0.25, -0.2) is 0 Å². The fourth-order valence-electron chi connectivity index (χ4n) is 1.84. The first-order valence-corrected chi connectivity index (χ1v) is 6.87. The van der Waals surface area contributed by atoms with E-state index in [0.717, 1.165) is 11.3 Å². The number of hydrogen-bond acceptors (Lipinski definition) is 3. The van der Waals surface area contributed by atoms with Gasteiger partial charge in [-0.05, 0) is 34.1 Å². The van der Waals surface area contributed by atoms with Gasteiger partial charge in [0, 0.05) is 17.8 Å². The Bertz CT molecular complexity index is 629. The van der Waals surface area contributed by atoms with Crippen molar-refractivity contribution in [3.63, 3.8) is 0 Å². The summed E-state index contributed by atoms with van der Waals surface area (Å²) >= 11 is 3.32. The van der Waals surface area contributed by atoms with Gasteiger partial charge in [-0.15, -0.1) is 0 Å². The predicted molar refractivity (Wildman–Crippen MR) is 82.7 cm³/mol. The van der Waals surface area contributed by atoms with Gasteiger partial charge in [0.05, 0.1) is 17.1 Å². The molecule has 0 aliphatic rings. The van der Waals surface area contributed by atoms with E-state index in [2.05, 4.69) is 21.2 Å². The molecule has 2 aromatic carbocycles. The lowest BCUT2D eigenvalue weighted by Crippen LogP contribution is -2.23. The average molecular weight is 335 g/mol. The molecule has 0 atom stereocenters. The molecule has 1 amide bonds. The lowest BCUT2D eigenvalue weighted by Gasteiger charge is -2.11. The van der Waals surface area contributed by atoms with E-state index >= 15 is 0 Å². The first-order chi connectivity index (χ1) is 9.63. The maximum absolute atomic E-state index is 12.2. The smallest absolute Gasteiger partial charge is 0.252 e. The Balaban J connectivity index is 2.11. The molecule has 4 nitrogen and oxygen atoms in total. The number of methoxy groups -OCH3 is 1. The minimum absolute atomic E-state index is 0.185. The third-order valence-corrected chi connectivity index (χ3v) is 3.79. The van der Waals surface area contributed by atoms with Crippen LogP contribution in [-0.2, 0) is 6.54 Å². The number of benzene rings is 2. The van der Waals surface area contributed by atoms with Crippen molar-refractivity contribution >= 4 is 27.5 Å². The third-order valence-electron chi connectivity index (χ3n) is 2.91. The molecule has 20 heavy (non-hydrogen) atoms. The second kappa shape index (κ2) is 6.43. The molecule has 0 aliphatic carbocycles. The molecule has 0 aromatic heterocycles. The van der Waals surface area contributed by atoms with Crippen LogP contribution >= 0.6 is 15.9 Å². The zero-order valence-electron chi connectivity index (χ0n) is 11.0. The minimum atomic E-state index is -0.185. The second-order valence-electron chi connectivity index (χ2n) is 4.20. The number of nitrogens with two attached hydrogens (primary N) is 1. The molecule has 0 spiro atoms. The molecule has 2 aromatic rings. The lowest BCUT2D eigenvalue weighted by atomic mass is 10.1. The Hall–Kier alpha value is -2.01. The molecule has 0 heterocycles. The average Bonchev–Trinajstić information content (AvgIpc) is 2.48. The number of amides is 1. The topological polar surface area (TPSA) is 64.3 Å². The zero-order valence-corrected chi connectivity index (χ0v) is 12.6. The summed E-state index contributed by atoms with van der Waals surface area (Å²) in [5.74, 6) is 0.564. The molecule has 0 unspecified atom stereocenters. The summed E-state index contributed by atoms with van der Waals surface area (Å²) in [6.45, 7) is 0.393. The Morgan fingerprint density at radius 1 is 1.25 bits per heavy atom. The van der Waals surface area contributed by atoms with Crippen molar-refractivity contribution in [1.29, 1.82) is 0 Å². The number of carbonyl (C=O) groups excluding carboxylic acids is 1. The summed E-state index contributed by atoms with van der Waals surface area (Å²) in [7, 11) is 1.61. The minimum Gasteiger partial charge on any atom is -0.496 e. The number of ether oxygens (including phenoxy) is 1. The zero-order chi connectivity index (χ0) is 14.5. The highest BCUT2D eigenvalue weighted by atomic mass is 79.9. The van der Waals surface area contributed by atoms with E-state index < -0.39 is 0 Å². The first-order valence-electron chi connectivity index (χ1n) is 6.07. The molecular formula is C15H15BrN2O2. The molecule has 5 heteroatoms. The molecule has 3 N–H and O–H groups in total. The van der Waals surface area contributed by atoms with Gasteiger partial charge in [0.1, 0.15) is 5.75 Å². The van der Waals surface area contributed by atoms with Crippen LogP contribution in [0.2, 0.25) is 0 Å². The van der Waals surface area contributed by atoms with Crippen LogP contribution in [0.4, 0.5) is 5.69 Å². The Labute approximate surface area is 126 Å². The van der Waals surface area contributed by atoms with E-state index in [1.807, 2.05) is 24.3 Å². The fourth-order valence-corrected chi connectivity index (χ4v) is 2.29. The summed E-state index contributed by atoms with van der Waals surface area (Å²) < 4.78 is 5.85. The van der Waals surface area contributed by atoms with Crippen molar-refractivity contribution in [3.8, 4) is 5.75 Å². The number of rotatable bonds is 4. The number of halogens is 1. The highest BCUT2D eigenvalue weighted by molar-refractivity contribution is 9.10. The van der Waals surface area contributed by atoms with Crippen LogP contribution < -0.4 is 15.8 Å². The molecule has 0 saturated carbocycles. The summed E-state index contributed by atoms with van der Waals surface area (Å²) in [6, 6.07) is 12.8. The number of para-hydroxylation sites is 1. The highest BCUT2D eigenvalue weighted by Gasteiger charge is 2.12. The number of carbonyl (C=O) groups is 1. The molecule has 0 bridgehead atoms. The normalized spacial score (nSPS) is 10.1. The van der Waals surface area contributed by atoms with E-state index in [4.69, 9.17) is 10.5 Å². The van der Waals surface area contributed by atoms with Crippen LogP contribution in [0, 0.1) is 0 Å². The quantitative estimate of drug-likeness (QED) is 0.845. The van der Waals surface area contributed by atoms with Gasteiger partial charge < -0.3 is 15.8 Å². The number of hydrogen-bond donors (Lipinski definition) is 2. The van der Waals surface area contributed by atoms with Gasteiger partial charge in [0.15, 0.2) is 0 Å². The summed E-state index contributed by atoms with van der Waals surface area (Å²) in [4.78, 5) is 12.2. The van der Waals surface area contributed by atoms with E-state index in [1.165, 1.54) is 0 Å².